The molecular weight excluding hydrogens is 426 g/mol. The Morgan fingerprint density at radius 1 is 1.23 bits per heavy atom. The van der Waals surface area contributed by atoms with Gasteiger partial charge in [0.15, 0.2) is 0 Å². The van der Waals surface area contributed by atoms with E-state index in [1.165, 1.54) is 24.3 Å². The number of rotatable bonds is 8. The molecule has 2 aromatic rings. The summed E-state index contributed by atoms with van der Waals surface area (Å²) in [6.45, 7) is 4.06. The zero-order chi connectivity index (χ0) is 21.7. The highest BCUT2D eigenvalue weighted by Gasteiger charge is 2.26. The molecule has 0 fully saturated rings. The first kappa shape index (κ1) is 22.4. The highest BCUT2D eigenvalue weighted by Crippen LogP contribution is 2.32. The molecule has 1 atom stereocenters. The van der Waals surface area contributed by atoms with Crippen LogP contribution >= 0.6 is 11.6 Å². The smallest absolute Gasteiger partial charge is 0.240 e. The molecule has 0 aromatic heterocycles. The summed E-state index contributed by atoms with van der Waals surface area (Å²) in [4.78, 5) is 16.4. The van der Waals surface area contributed by atoms with Crippen LogP contribution in [0.15, 0.2) is 53.4 Å². The molecule has 30 heavy (non-hydrogen) atoms. The largest absolute Gasteiger partial charge is 0.485 e. The second-order valence-corrected chi connectivity index (χ2v) is 9.33. The molecule has 7 nitrogen and oxygen atoms in total. The molecule has 1 heterocycles. The Labute approximate surface area is 182 Å². The Hall–Kier alpha value is -2.29. The number of nitrogens with one attached hydrogen (secondary N) is 1. The van der Waals surface area contributed by atoms with Gasteiger partial charge in [-0.05, 0) is 43.3 Å². The molecule has 1 N–H and O–H groups in total. The number of anilines is 1. The summed E-state index contributed by atoms with van der Waals surface area (Å²) >= 11 is 5.79. The number of carbonyl (C=O) groups excluding carboxylic acids is 1. The highest BCUT2D eigenvalue weighted by atomic mass is 35.5. The summed E-state index contributed by atoms with van der Waals surface area (Å²) in [5, 5.41) is 0.458. The average molecular weight is 452 g/mol. The molecular formula is C21H26ClN3O4S. The van der Waals surface area contributed by atoms with Crippen LogP contribution in [0.25, 0.3) is 0 Å². The van der Waals surface area contributed by atoms with E-state index in [2.05, 4.69) is 16.5 Å². The van der Waals surface area contributed by atoms with E-state index in [-0.39, 0.29) is 29.9 Å². The van der Waals surface area contributed by atoms with Gasteiger partial charge in [0.25, 0.3) is 0 Å². The van der Waals surface area contributed by atoms with Crippen LogP contribution in [0.4, 0.5) is 5.69 Å². The molecule has 0 saturated carbocycles. The van der Waals surface area contributed by atoms with E-state index in [1.54, 1.807) is 11.9 Å². The fourth-order valence-corrected chi connectivity index (χ4v) is 4.52. The van der Waals surface area contributed by atoms with Crippen molar-refractivity contribution < 1.29 is 17.9 Å². The number of ether oxygens (including phenoxy) is 1. The van der Waals surface area contributed by atoms with Crippen LogP contribution in [0.1, 0.15) is 13.3 Å². The van der Waals surface area contributed by atoms with Crippen molar-refractivity contribution in [3.05, 3.63) is 53.6 Å². The minimum Gasteiger partial charge on any atom is -0.485 e. The Kier molecular flexibility index (Phi) is 7.23. The molecule has 2 aromatic carbocycles. The van der Waals surface area contributed by atoms with E-state index < -0.39 is 10.0 Å². The van der Waals surface area contributed by atoms with Gasteiger partial charge in [-0.15, -0.1) is 0 Å². The van der Waals surface area contributed by atoms with E-state index in [1.807, 2.05) is 24.3 Å². The first-order valence-electron chi connectivity index (χ1n) is 9.80. The van der Waals surface area contributed by atoms with Crippen LogP contribution in [-0.4, -0.2) is 58.6 Å². The van der Waals surface area contributed by atoms with Gasteiger partial charge in [0.1, 0.15) is 11.9 Å². The lowest BCUT2D eigenvalue weighted by Gasteiger charge is -2.37. The van der Waals surface area contributed by atoms with Crippen LogP contribution < -0.4 is 14.4 Å². The molecule has 1 aliphatic heterocycles. The number of carbonyl (C=O) groups is 1. The van der Waals surface area contributed by atoms with E-state index in [0.717, 1.165) is 18.0 Å². The van der Waals surface area contributed by atoms with Crippen molar-refractivity contribution in [3.63, 3.8) is 0 Å². The first-order chi connectivity index (χ1) is 14.3. The van der Waals surface area contributed by atoms with E-state index in [4.69, 9.17) is 16.3 Å². The van der Waals surface area contributed by atoms with Gasteiger partial charge in [0.2, 0.25) is 15.9 Å². The summed E-state index contributed by atoms with van der Waals surface area (Å²) in [5.41, 5.74) is 1.06. The highest BCUT2D eigenvalue weighted by molar-refractivity contribution is 7.89. The van der Waals surface area contributed by atoms with Gasteiger partial charge in [-0.3, -0.25) is 4.79 Å². The van der Waals surface area contributed by atoms with Gasteiger partial charge >= 0.3 is 0 Å². The van der Waals surface area contributed by atoms with Gasteiger partial charge in [0, 0.05) is 31.6 Å². The topological polar surface area (TPSA) is 79.0 Å². The Balaban J connectivity index is 1.51. The number of hydrogen-bond donors (Lipinski definition) is 1. The summed E-state index contributed by atoms with van der Waals surface area (Å²) < 4.78 is 33.1. The zero-order valence-corrected chi connectivity index (χ0v) is 18.6. The number of hydrogen-bond acceptors (Lipinski definition) is 5. The van der Waals surface area contributed by atoms with Crippen molar-refractivity contribution in [2.24, 2.45) is 0 Å². The Bertz CT molecular complexity index is 982. The third-order valence-corrected chi connectivity index (χ3v) is 6.69. The normalized spacial score (nSPS) is 16.0. The minimum absolute atomic E-state index is 0.0174. The van der Waals surface area contributed by atoms with Crippen LogP contribution in [0.5, 0.6) is 5.75 Å². The quantitative estimate of drug-likeness (QED) is 0.667. The predicted octanol–water partition coefficient (Wildman–Crippen LogP) is 2.75. The lowest BCUT2D eigenvalue weighted by molar-refractivity contribution is -0.130. The lowest BCUT2D eigenvalue weighted by Crippen LogP contribution is -2.47. The van der Waals surface area contributed by atoms with Crippen molar-refractivity contribution in [2.45, 2.75) is 24.3 Å². The van der Waals surface area contributed by atoms with E-state index >= 15 is 0 Å². The number of likely N-dealkylation sites (N-methyl/N-ethyl adjacent to an activating group) is 2. The third kappa shape index (κ3) is 5.44. The van der Waals surface area contributed by atoms with Crippen molar-refractivity contribution in [1.82, 2.24) is 9.62 Å². The monoisotopic (exact) mass is 451 g/mol. The molecule has 0 saturated heterocycles. The van der Waals surface area contributed by atoms with E-state index in [0.29, 0.717) is 18.1 Å². The van der Waals surface area contributed by atoms with Crippen LogP contribution in [0.2, 0.25) is 5.02 Å². The Morgan fingerprint density at radius 2 is 1.93 bits per heavy atom. The van der Waals surface area contributed by atoms with Gasteiger partial charge in [0.05, 0.1) is 23.7 Å². The molecule has 1 aliphatic rings. The fourth-order valence-electron chi connectivity index (χ4n) is 3.36. The molecule has 1 unspecified atom stereocenters. The number of benzene rings is 2. The number of halogens is 1. The van der Waals surface area contributed by atoms with Crippen LogP contribution in [-0.2, 0) is 14.8 Å². The molecule has 9 heteroatoms. The summed E-state index contributed by atoms with van der Waals surface area (Å²) in [6.07, 6.45) is -0.0935. The minimum atomic E-state index is -3.68. The summed E-state index contributed by atoms with van der Waals surface area (Å²) in [7, 11) is -1.98. The molecule has 0 aliphatic carbocycles. The number of fused-ring (bicyclic) bond motifs is 1. The van der Waals surface area contributed by atoms with Crippen LogP contribution in [0.3, 0.4) is 0 Å². The second-order valence-electron chi connectivity index (χ2n) is 7.12. The van der Waals surface area contributed by atoms with Crippen molar-refractivity contribution in [2.75, 3.05) is 38.1 Å². The molecule has 0 spiro atoms. The first-order valence-corrected chi connectivity index (χ1v) is 11.7. The van der Waals surface area contributed by atoms with E-state index in [9.17, 15) is 13.2 Å². The Morgan fingerprint density at radius 3 is 2.63 bits per heavy atom. The molecule has 0 radical (unpaired) electrons. The van der Waals surface area contributed by atoms with Crippen molar-refractivity contribution in [1.29, 1.82) is 0 Å². The summed E-state index contributed by atoms with van der Waals surface area (Å²) in [6, 6.07) is 13.7. The number of nitrogens with zero attached hydrogens (tertiary/aromatic N) is 2. The van der Waals surface area contributed by atoms with Gasteiger partial charge in [-0.25, -0.2) is 13.1 Å². The number of sulfonamides is 1. The molecule has 3 rings (SSSR count). The number of para-hydroxylation sites is 2. The van der Waals surface area contributed by atoms with Crippen molar-refractivity contribution in [3.8, 4) is 5.75 Å². The van der Waals surface area contributed by atoms with Crippen LogP contribution in [0, 0.1) is 0 Å². The summed E-state index contributed by atoms with van der Waals surface area (Å²) in [5.74, 6) is 0.659. The standard InChI is InChI=1S/C21H26ClN3O4S/c1-3-25-15-17(29-20-7-5-4-6-19(20)25)14-24(2)21(26)12-13-23-30(27,28)18-10-8-16(22)9-11-18/h4-11,17,23H,3,12-15H2,1-2H3. The van der Waals surface area contributed by atoms with Crippen molar-refractivity contribution >= 4 is 33.2 Å². The maximum Gasteiger partial charge on any atom is 0.240 e. The maximum absolute atomic E-state index is 12.5. The predicted molar refractivity (Wildman–Crippen MR) is 118 cm³/mol. The fraction of sp³-hybridized carbons (Fsp3) is 0.381. The van der Waals surface area contributed by atoms with Gasteiger partial charge < -0.3 is 14.5 Å². The average Bonchev–Trinajstić information content (AvgIpc) is 2.73. The maximum atomic E-state index is 12.5. The molecule has 1 amide bonds. The molecule has 162 valence electrons. The zero-order valence-electron chi connectivity index (χ0n) is 17.0. The van der Waals surface area contributed by atoms with Gasteiger partial charge in [-0.2, -0.15) is 0 Å². The lowest BCUT2D eigenvalue weighted by atomic mass is 10.2. The number of amides is 1. The SMILES string of the molecule is CCN1CC(CN(C)C(=O)CCNS(=O)(=O)c2ccc(Cl)cc2)Oc2ccccc21. The second kappa shape index (κ2) is 9.68. The molecule has 0 bridgehead atoms. The van der Waals surface area contributed by atoms with Gasteiger partial charge in [-0.1, -0.05) is 23.7 Å². The third-order valence-electron chi connectivity index (χ3n) is 4.96.